The van der Waals surface area contributed by atoms with Gasteiger partial charge in [-0.25, -0.2) is 0 Å². The van der Waals surface area contributed by atoms with E-state index < -0.39 is 28.0 Å². The zero-order valence-corrected chi connectivity index (χ0v) is 19.8. The lowest BCUT2D eigenvalue weighted by Crippen LogP contribution is -2.38. The zero-order valence-electron chi connectivity index (χ0n) is 18.2. The van der Waals surface area contributed by atoms with Crippen molar-refractivity contribution in [2.75, 3.05) is 14.2 Å². The van der Waals surface area contributed by atoms with Gasteiger partial charge in [0.1, 0.15) is 17.1 Å². The van der Waals surface area contributed by atoms with E-state index in [-0.39, 0.29) is 5.56 Å². The summed E-state index contributed by atoms with van der Waals surface area (Å²) in [6.45, 7) is 1.69. The van der Waals surface area contributed by atoms with Crippen LogP contribution in [0.2, 0.25) is 0 Å². The Hall–Kier alpha value is -3.43. The van der Waals surface area contributed by atoms with Crippen molar-refractivity contribution in [2.24, 2.45) is 4.99 Å². The van der Waals surface area contributed by atoms with Crippen LogP contribution in [0.1, 0.15) is 23.6 Å². The monoisotopic (exact) mass is 514 g/mol. The van der Waals surface area contributed by atoms with E-state index in [1.807, 2.05) is 0 Å². The number of phenolic OH excluding ortho intramolecular Hbond substituents is 1. The maximum absolute atomic E-state index is 12.1. The highest BCUT2D eigenvalue weighted by Crippen LogP contribution is 2.43. The molecule has 0 spiro atoms. The number of aliphatic imine (C=N–C) groups is 1. The van der Waals surface area contributed by atoms with Crippen LogP contribution in [0.15, 0.2) is 70.1 Å². The van der Waals surface area contributed by atoms with Crippen molar-refractivity contribution >= 4 is 27.8 Å². The van der Waals surface area contributed by atoms with Gasteiger partial charge in [-0.3, -0.25) is 15.1 Å². The second kappa shape index (κ2) is 10.0. The molecule has 0 fully saturated rings. The Morgan fingerprint density at radius 2 is 1.58 bits per heavy atom. The first-order chi connectivity index (χ1) is 15.7. The van der Waals surface area contributed by atoms with Crippen molar-refractivity contribution in [1.29, 1.82) is 0 Å². The average Bonchev–Trinajstić information content (AvgIpc) is 2.83. The van der Waals surface area contributed by atoms with Crippen molar-refractivity contribution in [1.82, 2.24) is 0 Å². The topological polar surface area (TPSA) is 114 Å². The van der Waals surface area contributed by atoms with E-state index in [9.17, 15) is 20.3 Å². The fraction of sp³-hybridized carbons (Fsp3) is 0.208. The van der Waals surface area contributed by atoms with Crippen LogP contribution in [-0.4, -0.2) is 41.6 Å². The molecule has 3 aromatic rings. The molecule has 0 radical (unpaired) electrons. The third-order valence-corrected chi connectivity index (χ3v) is 5.82. The van der Waals surface area contributed by atoms with E-state index in [1.165, 1.54) is 32.6 Å². The van der Waals surface area contributed by atoms with Crippen LogP contribution >= 0.6 is 15.9 Å². The van der Waals surface area contributed by atoms with Gasteiger partial charge in [-0.15, -0.1) is 0 Å². The van der Waals surface area contributed by atoms with Gasteiger partial charge in [-0.2, -0.15) is 0 Å². The Labute approximate surface area is 199 Å². The third kappa shape index (κ3) is 4.69. The Bertz CT molecular complexity index is 1150. The lowest BCUT2D eigenvalue weighted by atomic mass is 9.80. The second-order valence-electron chi connectivity index (χ2n) is 7.24. The van der Waals surface area contributed by atoms with E-state index in [0.717, 1.165) is 0 Å². The van der Waals surface area contributed by atoms with Gasteiger partial charge in [-0.05, 0) is 25.1 Å². The fourth-order valence-electron chi connectivity index (χ4n) is 3.66. The maximum atomic E-state index is 12.1. The minimum absolute atomic E-state index is 0.130. The predicted octanol–water partition coefficient (Wildman–Crippen LogP) is 4.82. The van der Waals surface area contributed by atoms with Gasteiger partial charge in [0.15, 0.2) is 0 Å². The molecule has 1 unspecified atom stereocenters. The fourth-order valence-corrected chi connectivity index (χ4v) is 4.12. The number of nitrogens with zero attached hydrogens (tertiary/aromatic N) is 2. The number of para-hydroxylation sites is 2. The molecule has 0 heterocycles. The van der Waals surface area contributed by atoms with Gasteiger partial charge >= 0.3 is 5.69 Å². The summed E-state index contributed by atoms with van der Waals surface area (Å²) in [6, 6.07) is 16.0. The molecular weight excluding hydrogens is 492 g/mol. The highest BCUT2D eigenvalue weighted by molar-refractivity contribution is 9.10. The number of hydrogen-bond donors (Lipinski definition) is 2. The predicted molar refractivity (Wildman–Crippen MR) is 129 cm³/mol. The largest absolute Gasteiger partial charge is 0.502 e. The van der Waals surface area contributed by atoms with Gasteiger partial charge in [0, 0.05) is 33.4 Å². The molecule has 0 saturated carbocycles. The van der Waals surface area contributed by atoms with Crippen molar-refractivity contribution in [3.05, 3.63) is 91.9 Å². The number of methoxy groups -OCH3 is 2. The molecule has 0 aromatic heterocycles. The molecular formula is C24H23BrN2O6. The number of rotatable bonds is 8. The normalized spacial score (nSPS) is 12.5. The smallest absolute Gasteiger partial charge is 0.312 e. The number of nitro groups is 1. The van der Waals surface area contributed by atoms with Crippen LogP contribution in [0, 0.1) is 10.1 Å². The molecule has 9 heteroatoms. The number of halogens is 1. The molecule has 0 aliphatic rings. The van der Waals surface area contributed by atoms with Crippen LogP contribution in [-0.2, 0) is 5.60 Å². The molecule has 3 rings (SSSR count). The van der Waals surface area contributed by atoms with Crippen molar-refractivity contribution in [3.8, 4) is 17.2 Å². The Kier molecular flexibility index (Phi) is 7.35. The molecule has 0 amide bonds. The van der Waals surface area contributed by atoms with Crippen molar-refractivity contribution in [3.63, 3.8) is 0 Å². The van der Waals surface area contributed by atoms with E-state index in [4.69, 9.17) is 9.47 Å². The summed E-state index contributed by atoms with van der Waals surface area (Å²) in [5, 5.41) is 33.7. The number of ether oxygens (including phenoxy) is 2. The molecule has 0 bridgehead atoms. The summed E-state index contributed by atoms with van der Waals surface area (Å²) >= 11 is 3.21. The van der Waals surface area contributed by atoms with Crippen LogP contribution in [0.4, 0.5) is 5.69 Å². The molecule has 172 valence electrons. The average molecular weight is 515 g/mol. The van der Waals surface area contributed by atoms with Crippen LogP contribution < -0.4 is 9.47 Å². The van der Waals surface area contributed by atoms with Crippen LogP contribution in [0.5, 0.6) is 17.2 Å². The number of phenols is 1. The molecule has 8 nitrogen and oxygen atoms in total. The molecule has 3 aromatic carbocycles. The van der Waals surface area contributed by atoms with E-state index in [1.54, 1.807) is 55.5 Å². The highest BCUT2D eigenvalue weighted by atomic mass is 79.9. The first kappa shape index (κ1) is 24.2. The van der Waals surface area contributed by atoms with E-state index in [0.29, 0.717) is 27.1 Å². The van der Waals surface area contributed by atoms with Crippen LogP contribution in [0.3, 0.4) is 0 Å². The Morgan fingerprint density at radius 1 is 1.06 bits per heavy atom. The quantitative estimate of drug-likeness (QED) is 0.253. The van der Waals surface area contributed by atoms with Crippen molar-refractivity contribution < 1.29 is 24.6 Å². The van der Waals surface area contributed by atoms with Gasteiger partial charge in [0.25, 0.3) is 0 Å². The van der Waals surface area contributed by atoms with Gasteiger partial charge < -0.3 is 19.7 Å². The van der Waals surface area contributed by atoms with Gasteiger partial charge in [0.2, 0.25) is 5.75 Å². The lowest BCUT2D eigenvalue weighted by Gasteiger charge is -2.35. The summed E-state index contributed by atoms with van der Waals surface area (Å²) in [7, 11) is 3.02. The highest BCUT2D eigenvalue weighted by Gasteiger charge is 2.42. The van der Waals surface area contributed by atoms with Gasteiger partial charge in [-0.1, -0.05) is 52.3 Å². The first-order valence-corrected chi connectivity index (χ1v) is 10.7. The summed E-state index contributed by atoms with van der Waals surface area (Å²) in [6.07, 6.45) is 1.30. The summed E-state index contributed by atoms with van der Waals surface area (Å²) < 4.78 is 11.4. The van der Waals surface area contributed by atoms with E-state index >= 15 is 0 Å². The van der Waals surface area contributed by atoms with Crippen LogP contribution in [0.25, 0.3) is 0 Å². The molecule has 1 atom stereocenters. The first-order valence-electron chi connectivity index (χ1n) is 9.93. The number of hydrogen-bond acceptors (Lipinski definition) is 7. The minimum Gasteiger partial charge on any atom is -0.502 e. The molecule has 0 aliphatic heterocycles. The Morgan fingerprint density at radius 3 is 2.06 bits per heavy atom. The number of aliphatic hydroxyl groups is 1. The molecule has 2 N–H and O–H groups in total. The van der Waals surface area contributed by atoms with E-state index in [2.05, 4.69) is 20.9 Å². The number of aromatic hydroxyl groups is 1. The second-order valence-corrected chi connectivity index (χ2v) is 8.16. The number of nitro benzene ring substituents is 1. The zero-order chi connectivity index (χ0) is 24.2. The van der Waals surface area contributed by atoms with Gasteiger partial charge in [0.05, 0.1) is 25.2 Å². The molecule has 0 saturated heterocycles. The maximum Gasteiger partial charge on any atom is 0.312 e. The third-order valence-electron chi connectivity index (χ3n) is 5.36. The summed E-state index contributed by atoms with van der Waals surface area (Å²) in [5.41, 5.74) is -1.09. The summed E-state index contributed by atoms with van der Waals surface area (Å²) in [4.78, 5) is 15.1. The summed E-state index contributed by atoms with van der Waals surface area (Å²) in [5.74, 6) is 0.389. The lowest BCUT2D eigenvalue weighted by molar-refractivity contribution is -0.385. The SMILES string of the molecule is COc1ccccc1C(O)(c1ccccc1OC)C(C)N=Cc1cc(Br)cc([N+](=O)[O-])c1O. The molecule has 33 heavy (non-hydrogen) atoms. The number of benzene rings is 3. The standard InChI is InChI=1S/C24H23BrN2O6/c1-15(26-14-16-12-17(25)13-20(23(16)28)27(30)31)24(29,18-8-4-6-10-21(18)32-2)19-9-5-7-11-22(19)33-3/h4-15,28-29H,1-3H3. The van der Waals surface area contributed by atoms with Crippen molar-refractivity contribution in [2.45, 2.75) is 18.6 Å². The Balaban J connectivity index is 2.18. The molecule has 0 aliphatic carbocycles. The minimum atomic E-state index is -1.69.